The number of hydrogen-bond acceptors (Lipinski definition) is 6. The normalized spacial score (nSPS) is 15.2. The van der Waals surface area contributed by atoms with E-state index in [4.69, 9.17) is 4.55 Å². The quantitative estimate of drug-likeness (QED) is 0.105. The van der Waals surface area contributed by atoms with Gasteiger partial charge in [-0.05, 0) is 19.3 Å². The highest BCUT2D eigenvalue weighted by molar-refractivity contribution is 7.87. The van der Waals surface area contributed by atoms with Crippen LogP contribution >= 0.6 is 0 Å². The van der Waals surface area contributed by atoms with Crippen molar-refractivity contribution in [1.29, 1.82) is 0 Å². The topological polar surface area (TPSA) is 119 Å². The number of halogens is 7. The maximum atomic E-state index is 13.7. The highest BCUT2D eigenvalue weighted by atomic mass is 32.2. The van der Waals surface area contributed by atoms with Crippen LogP contribution in [0.2, 0.25) is 0 Å². The molecule has 188 valence electrons. The van der Waals surface area contributed by atoms with E-state index in [1.165, 1.54) is 13.8 Å². The molecule has 0 fully saturated rings. The predicted molar refractivity (Wildman–Crippen MR) is 94.2 cm³/mol. The van der Waals surface area contributed by atoms with E-state index in [-0.39, 0.29) is 12.5 Å². The van der Waals surface area contributed by atoms with Crippen LogP contribution in [0.5, 0.6) is 0 Å². The molecule has 1 amide bonds. The average molecular weight is 505 g/mol. The number of carbonyl (C=O) groups is 2. The third-order valence-electron chi connectivity index (χ3n) is 3.62. The molecule has 0 bridgehead atoms. The number of alkyl halides is 7. The molecule has 32 heavy (non-hydrogen) atoms. The number of amides is 1. The average Bonchev–Trinajstić information content (AvgIpc) is 2.59. The zero-order chi connectivity index (χ0) is 25.8. The summed E-state index contributed by atoms with van der Waals surface area (Å²) >= 11 is 0. The zero-order valence-corrected chi connectivity index (χ0v) is 17.9. The molecule has 2 N–H and O–H groups in total. The lowest BCUT2D eigenvalue weighted by molar-refractivity contribution is -0.347. The first kappa shape index (κ1) is 30.1. The van der Waals surface area contributed by atoms with E-state index in [0.717, 1.165) is 6.92 Å². The first-order valence-corrected chi connectivity index (χ1v) is 10.2. The summed E-state index contributed by atoms with van der Waals surface area (Å²) in [6, 6.07) is 0. The van der Waals surface area contributed by atoms with Gasteiger partial charge in [0.25, 0.3) is 0 Å². The summed E-state index contributed by atoms with van der Waals surface area (Å²) in [7, 11) is -6.55. The van der Waals surface area contributed by atoms with E-state index < -0.39 is 70.2 Å². The van der Waals surface area contributed by atoms with Crippen LogP contribution in [0, 0.1) is 5.92 Å². The van der Waals surface area contributed by atoms with E-state index >= 15 is 0 Å². The molecule has 0 rings (SSSR count). The van der Waals surface area contributed by atoms with Crippen LogP contribution in [0.1, 0.15) is 33.6 Å². The SMILES string of the molecule is C=C(C)C(=O)OC(OCCCC(F)(F)C(F)(F)S(=O)(=O)O)(C(=O)NCC(C)C)C(F)(F)F. The Balaban J connectivity index is 5.78. The van der Waals surface area contributed by atoms with Gasteiger partial charge >= 0.3 is 45.1 Å². The van der Waals surface area contributed by atoms with Crippen LogP contribution in [-0.4, -0.2) is 61.1 Å². The van der Waals surface area contributed by atoms with Gasteiger partial charge < -0.3 is 14.8 Å². The molecule has 0 radical (unpaired) electrons. The monoisotopic (exact) mass is 505 g/mol. The van der Waals surface area contributed by atoms with Gasteiger partial charge in [-0.3, -0.25) is 9.35 Å². The highest BCUT2D eigenvalue weighted by Gasteiger charge is 2.67. The Kier molecular flexibility index (Phi) is 9.71. The minimum Gasteiger partial charge on any atom is -0.412 e. The Morgan fingerprint density at radius 2 is 1.59 bits per heavy atom. The molecule has 0 saturated carbocycles. The van der Waals surface area contributed by atoms with Gasteiger partial charge in [0, 0.05) is 18.5 Å². The van der Waals surface area contributed by atoms with Crippen molar-refractivity contribution in [3.8, 4) is 0 Å². The molecule has 1 unspecified atom stereocenters. The standard InChI is InChI=1S/C16H22F7NO7S/c1-9(2)8-24-12(26)14(15(19,20)21,31-11(25)10(3)4)30-7-5-6-13(17,18)16(22,23)32(27,28)29/h9H,3,5-8H2,1-2,4H3,(H,24,26)(H,27,28,29). The van der Waals surface area contributed by atoms with Crippen LogP contribution in [0.25, 0.3) is 0 Å². The van der Waals surface area contributed by atoms with Crippen molar-refractivity contribution in [2.75, 3.05) is 13.2 Å². The molecule has 0 spiro atoms. The lowest BCUT2D eigenvalue weighted by Crippen LogP contribution is -2.62. The summed E-state index contributed by atoms with van der Waals surface area (Å²) < 4.78 is 132. The van der Waals surface area contributed by atoms with Gasteiger partial charge in [-0.25, -0.2) is 4.79 Å². The molecule has 0 aliphatic carbocycles. The van der Waals surface area contributed by atoms with Crippen molar-refractivity contribution in [2.45, 2.75) is 56.8 Å². The summed E-state index contributed by atoms with van der Waals surface area (Å²) in [4.78, 5) is 23.9. The second kappa shape index (κ2) is 10.3. The van der Waals surface area contributed by atoms with Gasteiger partial charge in [-0.15, -0.1) is 0 Å². The first-order valence-electron chi connectivity index (χ1n) is 8.73. The third kappa shape index (κ3) is 7.03. The molecule has 1 atom stereocenters. The summed E-state index contributed by atoms with van der Waals surface area (Å²) in [5, 5.41) is -4.14. The summed E-state index contributed by atoms with van der Waals surface area (Å²) in [5.74, 6) is -13.9. The largest absolute Gasteiger partial charge is 0.466 e. The second-order valence-corrected chi connectivity index (χ2v) is 8.50. The highest BCUT2D eigenvalue weighted by Crippen LogP contribution is 2.42. The zero-order valence-electron chi connectivity index (χ0n) is 17.1. The molecule has 0 aliphatic heterocycles. The van der Waals surface area contributed by atoms with Crippen LogP contribution in [0.3, 0.4) is 0 Å². The van der Waals surface area contributed by atoms with Crippen molar-refractivity contribution < 1.29 is 62.8 Å². The Morgan fingerprint density at radius 3 is 1.97 bits per heavy atom. The molecule has 0 heterocycles. The van der Waals surface area contributed by atoms with Crippen LogP contribution in [0.4, 0.5) is 30.7 Å². The van der Waals surface area contributed by atoms with Crippen molar-refractivity contribution >= 4 is 22.0 Å². The van der Waals surface area contributed by atoms with Crippen LogP contribution in [-0.2, 0) is 29.2 Å². The Bertz CT molecular complexity index is 812. The number of carbonyl (C=O) groups excluding carboxylic acids is 2. The van der Waals surface area contributed by atoms with Crippen molar-refractivity contribution in [2.24, 2.45) is 5.92 Å². The number of nitrogens with one attached hydrogen (secondary N) is 1. The van der Waals surface area contributed by atoms with E-state index in [9.17, 15) is 48.7 Å². The summed E-state index contributed by atoms with van der Waals surface area (Å²) in [5.41, 5.74) is -0.585. The maximum Gasteiger partial charge on any atom is 0.466 e. The second-order valence-electron chi connectivity index (χ2n) is 7.04. The van der Waals surface area contributed by atoms with Gasteiger partial charge in [-0.2, -0.15) is 39.2 Å². The van der Waals surface area contributed by atoms with Gasteiger partial charge in [0.05, 0.1) is 6.61 Å². The fraction of sp³-hybridized carbons (Fsp3) is 0.750. The van der Waals surface area contributed by atoms with Crippen LogP contribution < -0.4 is 5.32 Å². The fourth-order valence-corrected chi connectivity index (χ4v) is 2.36. The predicted octanol–water partition coefficient (Wildman–Crippen LogP) is 3.05. The van der Waals surface area contributed by atoms with Gasteiger partial charge in [0.1, 0.15) is 0 Å². The Morgan fingerprint density at radius 1 is 1.09 bits per heavy atom. The first-order chi connectivity index (χ1) is 14.1. The molecule has 0 aromatic heterocycles. The number of esters is 1. The lowest BCUT2D eigenvalue weighted by Gasteiger charge is -2.33. The van der Waals surface area contributed by atoms with Crippen LogP contribution in [0.15, 0.2) is 12.2 Å². The molecule has 0 saturated heterocycles. The molecule has 0 aliphatic rings. The lowest BCUT2D eigenvalue weighted by atomic mass is 10.1. The smallest absolute Gasteiger partial charge is 0.412 e. The third-order valence-corrected chi connectivity index (χ3v) is 4.56. The minimum absolute atomic E-state index is 0.344. The molecule has 8 nitrogen and oxygen atoms in total. The van der Waals surface area contributed by atoms with E-state index in [2.05, 4.69) is 16.1 Å². The molecule has 16 heteroatoms. The van der Waals surface area contributed by atoms with Gasteiger partial charge in [0.15, 0.2) is 0 Å². The van der Waals surface area contributed by atoms with Crippen molar-refractivity contribution in [1.82, 2.24) is 5.32 Å². The van der Waals surface area contributed by atoms with Gasteiger partial charge in [-0.1, -0.05) is 20.4 Å². The number of rotatable bonds is 12. The molecule has 0 aromatic rings. The van der Waals surface area contributed by atoms with E-state index in [1.807, 2.05) is 0 Å². The summed E-state index contributed by atoms with van der Waals surface area (Å²) in [6.07, 6.45) is -9.19. The van der Waals surface area contributed by atoms with Crippen molar-refractivity contribution in [3.63, 3.8) is 0 Å². The maximum absolute atomic E-state index is 13.7. The molecule has 0 aromatic carbocycles. The van der Waals surface area contributed by atoms with E-state index in [0.29, 0.717) is 0 Å². The number of ether oxygens (including phenoxy) is 2. The Hall–Kier alpha value is -1.94. The molecular weight excluding hydrogens is 483 g/mol. The minimum atomic E-state index is -6.55. The fourth-order valence-electron chi connectivity index (χ4n) is 1.88. The Labute approximate surface area is 178 Å². The van der Waals surface area contributed by atoms with Gasteiger partial charge in [0.2, 0.25) is 0 Å². The van der Waals surface area contributed by atoms with E-state index in [1.54, 1.807) is 5.32 Å². The molecular formula is C16H22F7NO7S. The summed E-state index contributed by atoms with van der Waals surface area (Å²) in [6.45, 7) is 5.15. The number of hydrogen-bond donors (Lipinski definition) is 2. The van der Waals surface area contributed by atoms with Crippen molar-refractivity contribution in [3.05, 3.63) is 12.2 Å².